The zero-order chi connectivity index (χ0) is 22.7. The number of pyridine rings is 1. The quantitative estimate of drug-likeness (QED) is 0.331. The Morgan fingerprint density at radius 1 is 0.969 bits per heavy atom. The van der Waals surface area contributed by atoms with Crippen molar-refractivity contribution in [1.29, 1.82) is 5.41 Å². The highest BCUT2D eigenvalue weighted by Gasteiger charge is 2.14. The van der Waals surface area contributed by atoms with Gasteiger partial charge in [-0.3, -0.25) is 5.41 Å². The second kappa shape index (κ2) is 9.24. The number of amidine groups is 1. The molecule has 0 aliphatic carbocycles. The SMILES string of the molecule is COc1ccccc1-c1c[nH]c2ncc(-c3cccc(C(=N)N(C)CCN(C)C)c3)cc12. The van der Waals surface area contributed by atoms with Gasteiger partial charge in [0, 0.05) is 60.2 Å². The van der Waals surface area contributed by atoms with E-state index in [-0.39, 0.29) is 0 Å². The van der Waals surface area contributed by atoms with Crippen LogP contribution in [0.5, 0.6) is 5.75 Å². The average molecular weight is 428 g/mol. The predicted octanol–water partition coefficient (Wildman–Crippen LogP) is 4.72. The molecule has 0 spiro atoms. The number of methoxy groups -OCH3 is 1. The number of nitrogens with one attached hydrogen (secondary N) is 2. The summed E-state index contributed by atoms with van der Waals surface area (Å²) in [7, 11) is 7.74. The molecule has 0 atom stereocenters. The Hall–Kier alpha value is -3.64. The number of fused-ring (bicyclic) bond motifs is 1. The summed E-state index contributed by atoms with van der Waals surface area (Å²) in [5.41, 5.74) is 5.86. The number of H-pyrrole nitrogens is 1. The van der Waals surface area contributed by atoms with Gasteiger partial charge in [0.1, 0.15) is 17.2 Å². The fraction of sp³-hybridized carbons (Fsp3) is 0.231. The third kappa shape index (κ3) is 4.36. The minimum Gasteiger partial charge on any atom is -0.496 e. The molecular formula is C26H29N5O. The third-order valence-corrected chi connectivity index (χ3v) is 5.66. The summed E-state index contributed by atoms with van der Waals surface area (Å²) in [6.45, 7) is 1.70. The van der Waals surface area contributed by atoms with E-state index in [1.54, 1.807) is 7.11 Å². The minimum absolute atomic E-state index is 0.513. The molecule has 2 aromatic carbocycles. The van der Waals surface area contributed by atoms with E-state index in [2.05, 4.69) is 39.1 Å². The second-order valence-electron chi connectivity index (χ2n) is 8.18. The molecule has 0 fully saturated rings. The standard InChI is InChI=1S/C26H29N5O/c1-30(2)12-13-31(3)25(27)19-9-7-8-18(14-19)20-15-22-23(17-29-26(22)28-16-20)21-10-5-6-11-24(21)32-4/h5-11,14-17,27H,12-13H2,1-4H3,(H,28,29). The first-order valence-corrected chi connectivity index (χ1v) is 10.6. The van der Waals surface area contributed by atoms with E-state index < -0.39 is 0 Å². The predicted molar refractivity (Wildman–Crippen MR) is 132 cm³/mol. The van der Waals surface area contributed by atoms with Gasteiger partial charge < -0.3 is 19.5 Å². The van der Waals surface area contributed by atoms with Gasteiger partial charge in [-0.25, -0.2) is 4.98 Å². The second-order valence-corrected chi connectivity index (χ2v) is 8.18. The van der Waals surface area contributed by atoms with Crippen LogP contribution in [0.25, 0.3) is 33.3 Å². The molecule has 0 bridgehead atoms. The number of benzene rings is 2. The van der Waals surface area contributed by atoms with E-state index in [0.29, 0.717) is 5.84 Å². The maximum Gasteiger partial charge on any atom is 0.137 e. The molecular weight excluding hydrogens is 398 g/mol. The number of hydrogen-bond acceptors (Lipinski definition) is 4. The van der Waals surface area contributed by atoms with Crippen molar-refractivity contribution in [2.45, 2.75) is 0 Å². The van der Waals surface area contributed by atoms with E-state index in [4.69, 9.17) is 10.1 Å². The number of hydrogen-bond donors (Lipinski definition) is 2. The lowest BCUT2D eigenvalue weighted by molar-refractivity contribution is 0.356. The van der Waals surface area contributed by atoms with Crippen LogP contribution in [0.2, 0.25) is 0 Å². The number of rotatable bonds is 7. The van der Waals surface area contributed by atoms with E-state index in [1.165, 1.54) is 0 Å². The largest absolute Gasteiger partial charge is 0.496 e. The monoisotopic (exact) mass is 427 g/mol. The molecule has 0 amide bonds. The van der Waals surface area contributed by atoms with Gasteiger partial charge in [-0.2, -0.15) is 0 Å². The Kier molecular flexibility index (Phi) is 6.23. The molecule has 6 heteroatoms. The normalized spacial score (nSPS) is 11.2. The highest BCUT2D eigenvalue weighted by Crippen LogP contribution is 2.36. The Bertz CT molecular complexity index is 1240. The Labute approximate surface area is 189 Å². The van der Waals surface area contributed by atoms with E-state index >= 15 is 0 Å². The molecule has 0 saturated carbocycles. The van der Waals surface area contributed by atoms with Crippen LogP contribution in [0.1, 0.15) is 5.56 Å². The zero-order valence-corrected chi connectivity index (χ0v) is 19.0. The molecule has 0 unspecified atom stereocenters. The molecule has 32 heavy (non-hydrogen) atoms. The third-order valence-electron chi connectivity index (χ3n) is 5.66. The smallest absolute Gasteiger partial charge is 0.137 e. The van der Waals surface area contributed by atoms with E-state index in [9.17, 15) is 0 Å². The highest BCUT2D eigenvalue weighted by atomic mass is 16.5. The van der Waals surface area contributed by atoms with E-state index in [0.717, 1.165) is 57.7 Å². The summed E-state index contributed by atoms with van der Waals surface area (Å²) < 4.78 is 5.57. The maximum absolute atomic E-state index is 8.61. The van der Waals surface area contributed by atoms with Crippen molar-refractivity contribution in [2.24, 2.45) is 0 Å². The number of nitrogens with zero attached hydrogens (tertiary/aromatic N) is 3. The van der Waals surface area contributed by atoms with Gasteiger partial charge in [-0.15, -0.1) is 0 Å². The van der Waals surface area contributed by atoms with Crippen molar-refractivity contribution >= 4 is 16.9 Å². The fourth-order valence-electron chi connectivity index (χ4n) is 3.78. The molecule has 0 saturated heterocycles. The zero-order valence-electron chi connectivity index (χ0n) is 19.0. The summed E-state index contributed by atoms with van der Waals surface area (Å²) in [5.74, 6) is 1.34. The first-order chi connectivity index (χ1) is 15.5. The number of para-hydroxylation sites is 1. The van der Waals surface area contributed by atoms with Gasteiger partial charge in [-0.1, -0.05) is 36.4 Å². The minimum atomic E-state index is 0.513. The average Bonchev–Trinajstić information content (AvgIpc) is 3.25. The van der Waals surface area contributed by atoms with Crippen molar-refractivity contribution in [2.75, 3.05) is 41.3 Å². The van der Waals surface area contributed by atoms with Crippen LogP contribution >= 0.6 is 0 Å². The molecule has 0 aliphatic rings. The van der Waals surface area contributed by atoms with E-state index in [1.807, 2.05) is 68.8 Å². The van der Waals surface area contributed by atoms with Gasteiger partial charge in [0.05, 0.1) is 7.11 Å². The van der Waals surface area contributed by atoms with Crippen LogP contribution in [0.4, 0.5) is 0 Å². The van der Waals surface area contributed by atoms with Crippen molar-refractivity contribution in [3.63, 3.8) is 0 Å². The molecule has 4 aromatic rings. The summed E-state index contributed by atoms with van der Waals surface area (Å²) in [4.78, 5) is 12.0. The van der Waals surface area contributed by atoms with Crippen molar-refractivity contribution in [1.82, 2.24) is 19.8 Å². The molecule has 2 heterocycles. The molecule has 2 N–H and O–H groups in total. The van der Waals surface area contributed by atoms with Crippen LogP contribution < -0.4 is 4.74 Å². The summed E-state index contributed by atoms with van der Waals surface area (Å²) in [6, 6.07) is 18.3. The Morgan fingerprint density at radius 3 is 2.56 bits per heavy atom. The van der Waals surface area contributed by atoms with Gasteiger partial charge in [0.2, 0.25) is 0 Å². The van der Waals surface area contributed by atoms with Crippen LogP contribution in [-0.4, -0.2) is 66.9 Å². The Balaban J connectivity index is 1.69. The molecule has 164 valence electrons. The van der Waals surface area contributed by atoms with Crippen LogP contribution in [-0.2, 0) is 0 Å². The molecule has 0 aliphatic heterocycles. The van der Waals surface area contributed by atoms with Crippen LogP contribution in [0.15, 0.2) is 67.0 Å². The number of likely N-dealkylation sites (N-methyl/N-ethyl adjacent to an activating group) is 2. The van der Waals surface area contributed by atoms with Gasteiger partial charge in [0.25, 0.3) is 0 Å². The summed E-state index contributed by atoms with van der Waals surface area (Å²) >= 11 is 0. The van der Waals surface area contributed by atoms with Crippen LogP contribution in [0.3, 0.4) is 0 Å². The maximum atomic E-state index is 8.61. The van der Waals surface area contributed by atoms with Gasteiger partial charge >= 0.3 is 0 Å². The summed E-state index contributed by atoms with van der Waals surface area (Å²) in [5, 5.41) is 9.65. The summed E-state index contributed by atoms with van der Waals surface area (Å²) in [6.07, 6.45) is 3.86. The lowest BCUT2D eigenvalue weighted by Crippen LogP contribution is -2.33. The van der Waals surface area contributed by atoms with Crippen molar-refractivity contribution < 1.29 is 4.74 Å². The molecule has 2 aromatic heterocycles. The van der Waals surface area contributed by atoms with Gasteiger partial charge in [0.15, 0.2) is 0 Å². The van der Waals surface area contributed by atoms with Crippen molar-refractivity contribution in [3.8, 4) is 28.0 Å². The number of aromatic nitrogens is 2. The number of ether oxygens (including phenoxy) is 1. The molecule has 6 nitrogen and oxygen atoms in total. The van der Waals surface area contributed by atoms with Crippen molar-refractivity contribution in [3.05, 3.63) is 72.6 Å². The first kappa shape index (κ1) is 21.6. The fourth-order valence-corrected chi connectivity index (χ4v) is 3.78. The number of aromatic amines is 1. The lowest BCUT2D eigenvalue weighted by Gasteiger charge is -2.22. The molecule has 0 radical (unpaired) electrons. The molecule has 4 rings (SSSR count). The van der Waals surface area contributed by atoms with Crippen LogP contribution in [0, 0.1) is 5.41 Å². The Morgan fingerprint density at radius 2 is 1.78 bits per heavy atom. The highest BCUT2D eigenvalue weighted by molar-refractivity contribution is 5.99. The topological polar surface area (TPSA) is 68.2 Å². The van der Waals surface area contributed by atoms with Gasteiger partial charge in [-0.05, 0) is 37.9 Å². The first-order valence-electron chi connectivity index (χ1n) is 10.6. The lowest BCUT2D eigenvalue weighted by atomic mass is 10.00.